The quantitative estimate of drug-likeness (QED) is 0.212. The average molecular weight is 558 g/mol. The molecule has 1 aliphatic heterocycles. The van der Waals surface area contributed by atoms with Crippen molar-refractivity contribution >= 4 is 17.9 Å². The molecule has 0 saturated heterocycles. The highest BCUT2D eigenvalue weighted by Crippen LogP contribution is 2.29. The minimum absolute atomic E-state index is 0.144. The van der Waals surface area contributed by atoms with E-state index in [0.717, 1.165) is 37.7 Å². The van der Waals surface area contributed by atoms with Gasteiger partial charge in [-0.25, -0.2) is 0 Å². The van der Waals surface area contributed by atoms with Gasteiger partial charge in [-0.05, 0) is 48.4 Å². The molecule has 0 aromatic heterocycles. The first-order valence-corrected chi connectivity index (χ1v) is 14.3. The molecule has 0 saturated carbocycles. The van der Waals surface area contributed by atoms with Gasteiger partial charge in [0.25, 0.3) is 0 Å². The Morgan fingerprint density at radius 1 is 0.700 bits per heavy atom. The summed E-state index contributed by atoms with van der Waals surface area (Å²) in [6.45, 7) is 6.34. The topological polar surface area (TPSA) is 126 Å². The van der Waals surface area contributed by atoms with Crippen LogP contribution in [0.15, 0.2) is 48.5 Å². The van der Waals surface area contributed by atoms with Gasteiger partial charge in [0, 0.05) is 31.6 Å². The molecule has 0 fully saturated rings. The molecular formula is C31H47N3O6. The van der Waals surface area contributed by atoms with Crippen molar-refractivity contribution in [1.29, 1.82) is 0 Å². The van der Waals surface area contributed by atoms with Gasteiger partial charge in [0.15, 0.2) is 0 Å². The lowest BCUT2D eigenvalue weighted by molar-refractivity contribution is -0.119. The smallest absolute Gasteiger partial charge is 0.227 e. The molecule has 9 nitrogen and oxygen atoms in total. The summed E-state index contributed by atoms with van der Waals surface area (Å²) >= 11 is 0. The standard InChI is InChI=1S/C21H23NO2.C10H24N2O4/c23-15-7-1-2-12-21(24)22-16-19-10-4-3-8-17(19)13-14-18-9-5-6-11-20(18)22;11-1-3-13-5-7-15-9-10-16-8-6-14-4-2-12/h3-6,8-11,15H,1-2,7,12-14,16H2;1-12H2. The fraction of sp³-hybridized carbons (Fsp3) is 0.548. The number of aldehydes is 1. The lowest BCUT2D eigenvalue weighted by atomic mass is 9.95. The van der Waals surface area contributed by atoms with E-state index < -0.39 is 0 Å². The molecule has 0 atom stereocenters. The Bertz CT molecular complexity index is 944. The minimum atomic E-state index is 0.144. The highest BCUT2D eigenvalue weighted by Gasteiger charge is 2.21. The number of para-hydroxylation sites is 1. The van der Waals surface area contributed by atoms with Crippen LogP contribution in [0.5, 0.6) is 0 Å². The van der Waals surface area contributed by atoms with Gasteiger partial charge in [-0.15, -0.1) is 0 Å². The van der Waals surface area contributed by atoms with Crippen molar-refractivity contribution in [2.75, 3.05) is 70.8 Å². The zero-order chi connectivity index (χ0) is 28.7. The summed E-state index contributed by atoms with van der Waals surface area (Å²) in [5, 5.41) is 0. The van der Waals surface area contributed by atoms with Crippen LogP contribution in [0.1, 0.15) is 42.4 Å². The third-order valence-corrected chi connectivity index (χ3v) is 6.30. The average Bonchev–Trinajstić information content (AvgIpc) is 2.97. The summed E-state index contributed by atoms with van der Waals surface area (Å²) in [7, 11) is 0. The largest absolute Gasteiger partial charge is 0.378 e. The highest BCUT2D eigenvalue weighted by atomic mass is 16.6. The van der Waals surface area contributed by atoms with Crippen molar-refractivity contribution in [3.05, 3.63) is 65.2 Å². The number of anilines is 1. The molecule has 1 aliphatic rings. The number of carbonyl (C=O) groups is 2. The number of aryl methyl sites for hydroxylation is 2. The summed E-state index contributed by atoms with van der Waals surface area (Å²) in [6, 6.07) is 16.6. The molecule has 0 bridgehead atoms. The Labute approximate surface area is 239 Å². The lowest BCUT2D eigenvalue weighted by Gasteiger charge is -2.29. The third-order valence-electron chi connectivity index (χ3n) is 6.30. The molecule has 0 radical (unpaired) electrons. The Morgan fingerprint density at radius 2 is 1.20 bits per heavy atom. The van der Waals surface area contributed by atoms with E-state index in [0.29, 0.717) is 85.3 Å². The lowest BCUT2D eigenvalue weighted by Crippen LogP contribution is -2.32. The van der Waals surface area contributed by atoms with Crippen LogP contribution in [-0.2, 0) is 47.9 Å². The first kappa shape index (κ1) is 33.5. The van der Waals surface area contributed by atoms with Gasteiger partial charge >= 0.3 is 0 Å². The number of carbonyl (C=O) groups excluding carboxylic acids is 2. The highest BCUT2D eigenvalue weighted by molar-refractivity contribution is 5.94. The number of nitrogens with two attached hydrogens (primary N) is 2. The summed E-state index contributed by atoms with van der Waals surface area (Å²) in [5.74, 6) is 0.144. The maximum atomic E-state index is 12.8. The minimum Gasteiger partial charge on any atom is -0.378 e. The van der Waals surface area contributed by atoms with Gasteiger partial charge in [0.05, 0.1) is 59.4 Å². The van der Waals surface area contributed by atoms with Crippen LogP contribution in [-0.4, -0.2) is 78.1 Å². The van der Waals surface area contributed by atoms with E-state index >= 15 is 0 Å². The molecule has 1 heterocycles. The molecule has 3 rings (SSSR count). The van der Waals surface area contributed by atoms with Crippen molar-refractivity contribution in [1.82, 2.24) is 0 Å². The molecule has 0 spiro atoms. The zero-order valence-electron chi connectivity index (χ0n) is 23.8. The number of amides is 1. The van der Waals surface area contributed by atoms with Gasteiger partial charge in [0.2, 0.25) is 5.91 Å². The molecule has 9 heteroatoms. The second-order valence-electron chi connectivity index (χ2n) is 9.32. The molecule has 2 aromatic rings. The predicted octanol–water partition coefficient (Wildman–Crippen LogP) is 3.05. The van der Waals surface area contributed by atoms with E-state index in [9.17, 15) is 9.59 Å². The van der Waals surface area contributed by atoms with Gasteiger partial charge in [-0.3, -0.25) is 4.79 Å². The van der Waals surface area contributed by atoms with E-state index in [1.165, 1.54) is 16.7 Å². The van der Waals surface area contributed by atoms with E-state index in [2.05, 4.69) is 24.3 Å². The Balaban J connectivity index is 0.000000307. The monoisotopic (exact) mass is 557 g/mol. The predicted molar refractivity (Wildman–Crippen MR) is 157 cm³/mol. The van der Waals surface area contributed by atoms with Gasteiger partial charge in [-0.1, -0.05) is 42.5 Å². The third kappa shape index (κ3) is 13.6. The van der Waals surface area contributed by atoms with E-state index in [-0.39, 0.29) is 5.91 Å². The second-order valence-corrected chi connectivity index (χ2v) is 9.32. The number of rotatable bonds is 18. The first-order chi connectivity index (χ1) is 19.7. The van der Waals surface area contributed by atoms with Gasteiger partial charge in [0.1, 0.15) is 6.29 Å². The molecular weight excluding hydrogens is 510 g/mol. The molecule has 1 amide bonds. The van der Waals surface area contributed by atoms with E-state index in [1.807, 2.05) is 29.2 Å². The van der Waals surface area contributed by atoms with E-state index in [1.54, 1.807) is 0 Å². The van der Waals surface area contributed by atoms with Crippen LogP contribution in [0.25, 0.3) is 0 Å². The number of hydrogen-bond donors (Lipinski definition) is 2. The van der Waals surface area contributed by atoms with Crippen molar-refractivity contribution in [3.63, 3.8) is 0 Å². The first-order valence-electron chi connectivity index (χ1n) is 14.3. The number of nitrogens with zero attached hydrogens (tertiary/aromatic N) is 1. The van der Waals surface area contributed by atoms with Gasteiger partial charge in [-0.2, -0.15) is 0 Å². The normalized spacial score (nSPS) is 12.4. The maximum absolute atomic E-state index is 12.8. The molecule has 0 aliphatic carbocycles. The SMILES string of the molecule is NCCOCCOCCOCCOCCN.O=CCCCCC(=O)N1Cc2ccccc2CCc2ccccc21. The summed E-state index contributed by atoms with van der Waals surface area (Å²) in [4.78, 5) is 25.2. The molecule has 222 valence electrons. The van der Waals surface area contributed by atoms with Crippen LogP contribution in [0.3, 0.4) is 0 Å². The Hall–Kier alpha value is -2.66. The molecule has 40 heavy (non-hydrogen) atoms. The Morgan fingerprint density at radius 3 is 1.77 bits per heavy atom. The number of ether oxygens (including phenoxy) is 4. The summed E-state index contributed by atoms with van der Waals surface area (Å²) in [6.07, 6.45) is 5.44. The fourth-order valence-corrected chi connectivity index (χ4v) is 4.26. The van der Waals surface area contributed by atoms with Crippen LogP contribution < -0.4 is 16.4 Å². The van der Waals surface area contributed by atoms with Crippen LogP contribution >= 0.6 is 0 Å². The van der Waals surface area contributed by atoms with Crippen LogP contribution in [0.4, 0.5) is 5.69 Å². The van der Waals surface area contributed by atoms with E-state index in [4.69, 9.17) is 30.4 Å². The number of hydrogen-bond acceptors (Lipinski definition) is 8. The maximum Gasteiger partial charge on any atom is 0.227 e. The zero-order valence-corrected chi connectivity index (χ0v) is 23.8. The molecule has 0 unspecified atom stereocenters. The molecule has 4 N–H and O–H groups in total. The fourth-order valence-electron chi connectivity index (χ4n) is 4.26. The van der Waals surface area contributed by atoms with Crippen molar-refractivity contribution in [2.45, 2.75) is 45.1 Å². The van der Waals surface area contributed by atoms with Crippen LogP contribution in [0, 0.1) is 0 Å². The summed E-state index contributed by atoms with van der Waals surface area (Å²) in [5.41, 5.74) is 15.3. The number of benzene rings is 2. The summed E-state index contributed by atoms with van der Waals surface area (Å²) < 4.78 is 20.8. The second kappa shape index (κ2) is 22.1. The van der Waals surface area contributed by atoms with Crippen molar-refractivity contribution < 1.29 is 28.5 Å². The van der Waals surface area contributed by atoms with Gasteiger partial charge < -0.3 is 40.1 Å². The number of unbranched alkanes of at least 4 members (excludes halogenated alkanes) is 2. The molecule has 2 aromatic carbocycles. The number of fused-ring (bicyclic) bond motifs is 2. The van der Waals surface area contributed by atoms with Crippen LogP contribution in [0.2, 0.25) is 0 Å². The van der Waals surface area contributed by atoms with Crippen molar-refractivity contribution in [3.8, 4) is 0 Å². The Kier molecular flexibility index (Phi) is 18.5. The van der Waals surface area contributed by atoms with Crippen molar-refractivity contribution in [2.24, 2.45) is 11.5 Å².